The van der Waals surface area contributed by atoms with Crippen LogP contribution in [0.1, 0.15) is 67.7 Å². The van der Waals surface area contributed by atoms with E-state index in [0.717, 1.165) is 25.0 Å². The number of nitriles is 1. The van der Waals surface area contributed by atoms with E-state index in [0.29, 0.717) is 62.3 Å². The van der Waals surface area contributed by atoms with Gasteiger partial charge in [0.15, 0.2) is 5.82 Å². The quantitative estimate of drug-likeness (QED) is 0.137. The van der Waals surface area contributed by atoms with Gasteiger partial charge in [0, 0.05) is 48.0 Å². The molecule has 3 fully saturated rings. The molecule has 0 bridgehead atoms. The standard InChI is InChI=1S/C42H39F7N8O3S/c43-26-6-5-24(28-25(18-50)38(52)61-35(26)28)29-31(42(47,48)49)34-30-33(32(29)44)54-40(60-20-41-10-2-12-56(41)19-22(17-41)36(45)46)55-39(30)57(13-16-59-34)27(23-3-1-11-53-37(23)51)7-4-21-8-14-58-15-9-21/h1,3,5-6,11,21,27H,2,4,7-10,12-17,19-20,52H2,(H2,51,53)/t27-,41+/m1/s1. The topological polar surface area (TPSA) is 149 Å². The molecule has 4 aliphatic rings. The molecule has 61 heavy (non-hydrogen) atoms. The second-order valence-electron chi connectivity index (χ2n) is 15.9. The Morgan fingerprint density at radius 2 is 1.89 bits per heavy atom. The van der Waals surface area contributed by atoms with Gasteiger partial charge in [0.25, 0.3) is 6.08 Å². The first-order chi connectivity index (χ1) is 29.3. The smallest absolute Gasteiger partial charge is 0.420 e. The summed E-state index contributed by atoms with van der Waals surface area (Å²) in [4.78, 5) is 17.1. The number of nitrogens with two attached hydrogens (primary N) is 2. The van der Waals surface area contributed by atoms with Crippen LogP contribution >= 0.6 is 11.3 Å². The second-order valence-corrected chi connectivity index (χ2v) is 17.0. The van der Waals surface area contributed by atoms with E-state index in [4.69, 9.17) is 30.7 Å². The van der Waals surface area contributed by atoms with Crippen molar-refractivity contribution in [1.82, 2.24) is 19.9 Å². The number of ether oxygens (including phenoxy) is 3. The lowest BCUT2D eigenvalue weighted by atomic mass is 9.89. The first-order valence-corrected chi connectivity index (χ1v) is 20.7. The fraction of sp³-hybridized carbons (Fsp3) is 0.429. The van der Waals surface area contributed by atoms with Crippen LogP contribution in [-0.4, -0.2) is 71.5 Å². The van der Waals surface area contributed by atoms with Gasteiger partial charge in [-0.25, -0.2) is 13.8 Å². The van der Waals surface area contributed by atoms with Crippen molar-refractivity contribution in [2.75, 3.05) is 62.4 Å². The number of fused-ring (bicyclic) bond motifs is 2. The Balaban J connectivity index is 1.29. The molecule has 0 saturated carbocycles. The Kier molecular flexibility index (Phi) is 10.6. The Hall–Kier alpha value is -5.45. The Labute approximate surface area is 348 Å². The number of alkyl halides is 3. The van der Waals surface area contributed by atoms with Crippen molar-refractivity contribution in [1.29, 1.82) is 5.26 Å². The molecule has 4 aliphatic heterocycles. The van der Waals surface area contributed by atoms with Crippen LogP contribution in [0.2, 0.25) is 0 Å². The normalized spacial score (nSPS) is 20.2. The van der Waals surface area contributed by atoms with E-state index in [1.165, 1.54) is 6.20 Å². The maximum Gasteiger partial charge on any atom is 0.420 e. The molecule has 3 aromatic heterocycles. The number of pyridine rings is 1. The number of benzene rings is 2. The number of anilines is 3. The van der Waals surface area contributed by atoms with Crippen LogP contribution in [-0.2, 0) is 10.9 Å². The second kappa shape index (κ2) is 15.8. The molecule has 11 nitrogen and oxygen atoms in total. The number of nitrogens with zero attached hydrogens (tertiary/aromatic N) is 6. The van der Waals surface area contributed by atoms with Crippen molar-refractivity contribution in [3.8, 4) is 29.0 Å². The van der Waals surface area contributed by atoms with Crippen LogP contribution < -0.4 is 25.8 Å². The largest absolute Gasteiger partial charge is 0.490 e. The maximum absolute atomic E-state index is 17.8. The average molecular weight is 869 g/mol. The highest BCUT2D eigenvalue weighted by Crippen LogP contribution is 2.54. The van der Waals surface area contributed by atoms with Crippen molar-refractivity contribution in [2.45, 2.75) is 62.7 Å². The lowest BCUT2D eigenvalue weighted by molar-refractivity contribution is -0.138. The fourth-order valence-corrected chi connectivity index (χ4v) is 10.6. The first-order valence-electron chi connectivity index (χ1n) is 19.9. The third kappa shape index (κ3) is 7.11. The number of halogens is 7. The highest BCUT2D eigenvalue weighted by atomic mass is 32.1. The lowest BCUT2D eigenvalue weighted by Gasteiger charge is -2.34. The Bertz CT molecular complexity index is 2620. The first kappa shape index (κ1) is 40.9. The summed E-state index contributed by atoms with van der Waals surface area (Å²) in [6.45, 7) is 1.21. The van der Waals surface area contributed by atoms with Gasteiger partial charge in [-0.05, 0) is 75.1 Å². The molecule has 3 saturated heterocycles. The monoisotopic (exact) mass is 868 g/mol. The number of thiophene rings is 1. The minimum absolute atomic E-state index is 0.0181. The van der Waals surface area contributed by atoms with Crippen molar-refractivity contribution >= 4 is 49.0 Å². The van der Waals surface area contributed by atoms with Crippen LogP contribution in [0.4, 0.5) is 47.4 Å². The van der Waals surface area contributed by atoms with E-state index >= 15 is 22.0 Å². The number of rotatable bonds is 9. The minimum Gasteiger partial charge on any atom is -0.490 e. The Morgan fingerprint density at radius 1 is 1.08 bits per heavy atom. The van der Waals surface area contributed by atoms with Gasteiger partial charge in [0.2, 0.25) is 0 Å². The molecular weight excluding hydrogens is 830 g/mol. The zero-order chi connectivity index (χ0) is 42.8. The fourth-order valence-electron chi connectivity index (χ4n) is 9.65. The number of hydrogen-bond donors (Lipinski definition) is 2. The van der Waals surface area contributed by atoms with Crippen LogP contribution in [0.15, 0.2) is 42.1 Å². The van der Waals surface area contributed by atoms with Crippen molar-refractivity contribution < 1.29 is 44.9 Å². The molecule has 5 aromatic rings. The van der Waals surface area contributed by atoms with Crippen molar-refractivity contribution in [2.24, 2.45) is 5.92 Å². The molecule has 7 heterocycles. The zero-order valence-electron chi connectivity index (χ0n) is 32.6. The zero-order valence-corrected chi connectivity index (χ0v) is 33.4. The molecule has 2 aromatic carbocycles. The minimum atomic E-state index is -5.28. The van der Waals surface area contributed by atoms with Crippen molar-refractivity contribution in [3.63, 3.8) is 0 Å². The highest BCUT2D eigenvalue weighted by Gasteiger charge is 2.49. The predicted octanol–water partition coefficient (Wildman–Crippen LogP) is 9.15. The number of hydrogen-bond acceptors (Lipinski definition) is 12. The summed E-state index contributed by atoms with van der Waals surface area (Å²) in [7, 11) is 0. The average Bonchev–Trinajstić information content (AvgIpc) is 3.87. The summed E-state index contributed by atoms with van der Waals surface area (Å²) in [6.07, 6.45) is -1.54. The SMILES string of the molecule is N#Cc1c(N)sc2c(F)ccc(-c3c(C(F)(F)F)c4c5c(nc(OC[C@@]67CCCN6CC(=C(F)F)C7)nc5c3F)N([C@H](CCC3CCOCC3)c3cccnc3N)CCO4)c12. The van der Waals surface area contributed by atoms with Gasteiger partial charge in [-0.2, -0.15) is 37.2 Å². The third-order valence-electron chi connectivity index (χ3n) is 12.5. The molecule has 4 N–H and O–H groups in total. The molecule has 320 valence electrons. The predicted molar refractivity (Wildman–Crippen MR) is 214 cm³/mol. The van der Waals surface area contributed by atoms with E-state index < -0.39 is 74.8 Å². The molecule has 0 unspecified atom stereocenters. The van der Waals surface area contributed by atoms with E-state index in [1.807, 2.05) is 11.0 Å². The van der Waals surface area contributed by atoms with E-state index in [1.54, 1.807) is 17.0 Å². The molecule has 9 rings (SSSR count). The van der Waals surface area contributed by atoms with E-state index in [9.17, 15) is 14.0 Å². The van der Waals surface area contributed by atoms with Gasteiger partial charge in [0.1, 0.15) is 58.6 Å². The summed E-state index contributed by atoms with van der Waals surface area (Å²) >= 11 is 0.652. The molecule has 19 heteroatoms. The van der Waals surface area contributed by atoms with Gasteiger partial charge in [-0.1, -0.05) is 12.1 Å². The molecule has 0 amide bonds. The van der Waals surface area contributed by atoms with Gasteiger partial charge >= 0.3 is 12.2 Å². The maximum atomic E-state index is 17.8. The van der Waals surface area contributed by atoms with E-state index in [2.05, 4.69) is 9.97 Å². The summed E-state index contributed by atoms with van der Waals surface area (Å²) in [5.74, 6) is -2.77. The summed E-state index contributed by atoms with van der Waals surface area (Å²) in [5, 5.41) is 9.18. The molecule has 0 radical (unpaired) electrons. The van der Waals surface area contributed by atoms with Gasteiger partial charge in [-0.15, -0.1) is 11.3 Å². The summed E-state index contributed by atoms with van der Waals surface area (Å²) in [5.41, 5.74) is 8.34. The Morgan fingerprint density at radius 3 is 2.62 bits per heavy atom. The van der Waals surface area contributed by atoms with Gasteiger partial charge < -0.3 is 30.6 Å². The van der Waals surface area contributed by atoms with Crippen LogP contribution in [0.3, 0.4) is 0 Å². The summed E-state index contributed by atoms with van der Waals surface area (Å²) < 4.78 is 126. The number of nitrogen functional groups attached to an aromatic ring is 2. The molecule has 0 aliphatic carbocycles. The van der Waals surface area contributed by atoms with Gasteiger partial charge in [-0.3, -0.25) is 4.90 Å². The van der Waals surface area contributed by atoms with Crippen LogP contribution in [0.5, 0.6) is 11.8 Å². The molecule has 0 spiro atoms. The summed E-state index contributed by atoms with van der Waals surface area (Å²) in [6, 6.07) is 6.10. The third-order valence-corrected chi connectivity index (χ3v) is 13.6. The highest BCUT2D eigenvalue weighted by molar-refractivity contribution is 7.23. The van der Waals surface area contributed by atoms with Crippen LogP contribution in [0.25, 0.3) is 32.1 Å². The van der Waals surface area contributed by atoms with Crippen LogP contribution in [0, 0.1) is 28.9 Å². The van der Waals surface area contributed by atoms with Crippen molar-refractivity contribution in [3.05, 3.63) is 70.4 Å². The van der Waals surface area contributed by atoms with E-state index in [-0.39, 0.29) is 76.5 Å². The van der Waals surface area contributed by atoms with Gasteiger partial charge in [0.05, 0.1) is 33.8 Å². The lowest BCUT2D eigenvalue weighted by Crippen LogP contribution is -2.43. The number of aromatic nitrogens is 3. The molecular formula is C42H39F7N8O3S. The molecule has 2 atom stereocenters.